The minimum atomic E-state index is -0.623. The maximum Gasteiger partial charge on any atom is 0.286 e. The minimum Gasteiger partial charge on any atom is -0.493 e. The second kappa shape index (κ2) is 9.18. The van der Waals surface area contributed by atoms with Gasteiger partial charge in [-0.1, -0.05) is 30.3 Å². The molecule has 1 atom stereocenters. The van der Waals surface area contributed by atoms with E-state index in [4.69, 9.17) is 9.47 Å². The number of hydrogen-bond acceptors (Lipinski definition) is 6. The third kappa shape index (κ3) is 4.53. The third-order valence-corrected chi connectivity index (χ3v) is 4.91. The van der Waals surface area contributed by atoms with Crippen molar-refractivity contribution in [2.75, 3.05) is 13.7 Å². The molecule has 8 nitrogen and oxygen atoms in total. The van der Waals surface area contributed by atoms with E-state index in [-0.39, 0.29) is 29.4 Å². The fraction of sp³-hybridized carbons (Fsp3) is 0.333. The molecule has 1 amide bonds. The Balaban J connectivity index is 1.93. The second-order valence-corrected chi connectivity index (χ2v) is 6.75. The molecule has 2 aromatic carbocycles. The zero-order chi connectivity index (χ0) is 20.8. The van der Waals surface area contributed by atoms with Crippen LogP contribution in [0.15, 0.2) is 42.5 Å². The summed E-state index contributed by atoms with van der Waals surface area (Å²) in [6.07, 6.45) is 2.86. The van der Waals surface area contributed by atoms with Gasteiger partial charge in [-0.3, -0.25) is 14.9 Å². The highest BCUT2D eigenvalue weighted by molar-refractivity contribution is 6.00. The van der Waals surface area contributed by atoms with Crippen molar-refractivity contribution in [2.24, 2.45) is 0 Å². The Morgan fingerprint density at radius 2 is 2.00 bits per heavy atom. The standard InChI is InChI=1S/C21H22N2O6/c1-28-19-11-17(21(25)22-10-6-5-9-16(22)13-24)18(23(26)27)12-20(19)29-14-15-7-3-2-4-8-15/h2-4,7-8,11-13,16H,5-6,9-10,14H2,1H3/t16-/m0/s1. The van der Waals surface area contributed by atoms with Gasteiger partial charge in [0.2, 0.25) is 0 Å². The molecule has 2 aromatic rings. The summed E-state index contributed by atoms with van der Waals surface area (Å²) in [6.45, 7) is 0.578. The van der Waals surface area contributed by atoms with Crippen molar-refractivity contribution in [3.63, 3.8) is 0 Å². The van der Waals surface area contributed by atoms with Crippen LogP contribution in [0.25, 0.3) is 0 Å². The summed E-state index contributed by atoms with van der Waals surface area (Å²) in [5, 5.41) is 11.7. The van der Waals surface area contributed by atoms with Gasteiger partial charge in [-0.2, -0.15) is 0 Å². The van der Waals surface area contributed by atoms with Crippen molar-refractivity contribution in [3.05, 3.63) is 63.7 Å². The smallest absolute Gasteiger partial charge is 0.286 e. The number of aldehydes is 1. The lowest BCUT2D eigenvalue weighted by Crippen LogP contribution is -2.44. The quantitative estimate of drug-likeness (QED) is 0.403. The molecule has 0 saturated carbocycles. The van der Waals surface area contributed by atoms with Crippen LogP contribution in [0.2, 0.25) is 0 Å². The molecule has 0 bridgehead atoms. The molecule has 0 spiro atoms. The molecule has 0 aliphatic carbocycles. The second-order valence-electron chi connectivity index (χ2n) is 6.75. The molecular formula is C21H22N2O6. The lowest BCUT2D eigenvalue weighted by Gasteiger charge is -2.32. The first-order valence-corrected chi connectivity index (χ1v) is 9.34. The van der Waals surface area contributed by atoms with Gasteiger partial charge in [-0.25, -0.2) is 0 Å². The van der Waals surface area contributed by atoms with Crippen LogP contribution in [0.3, 0.4) is 0 Å². The molecule has 1 heterocycles. The number of methoxy groups -OCH3 is 1. The van der Waals surface area contributed by atoms with Gasteiger partial charge in [-0.15, -0.1) is 0 Å². The first-order chi connectivity index (χ1) is 14.0. The molecule has 1 saturated heterocycles. The monoisotopic (exact) mass is 398 g/mol. The van der Waals surface area contributed by atoms with Crippen LogP contribution in [-0.4, -0.2) is 41.7 Å². The summed E-state index contributed by atoms with van der Waals surface area (Å²) in [5.74, 6) is -0.166. The van der Waals surface area contributed by atoms with Crippen molar-refractivity contribution in [2.45, 2.75) is 31.9 Å². The Bertz CT molecular complexity index is 900. The minimum absolute atomic E-state index is 0.118. The number of carbonyl (C=O) groups excluding carboxylic acids is 2. The van der Waals surface area contributed by atoms with E-state index < -0.39 is 16.9 Å². The average molecular weight is 398 g/mol. The van der Waals surface area contributed by atoms with Crippen molar-refractivity contribution in [3.8, 4) is 11.5 Å². The molecule has 0 N–H and O–H groups in total. The van der Waals surface area contributed by atoms with Crippen LogP contribution >= 0.6 is 0 Å². The summed E-state index contributed by atoms with van der Waals surface area (Å²) < 4.78 is 11.0. The highest BCUT2D eigenvalue weighted by Gasteiger charge is 2.32. The number of piperidine rings is 1. The van der Waals surface area contributed by atoms with E-state index in [0.29, 0.717) is 13.0 Å². The summed E-state index contributed by atoms with van der Waals surface area (Å²) in [5.41, 5.74) is 0.390. The predicted octanol–water partition coefficient (Wildman–Crippen LogP) is 3.38. The molecule has 8 heteroatoms. The van der Waals surface area contributed by atoms with Crippen molar-refractivity contribution in [1.29, 1.82) is 0 Å². The summed E-state index contributed by atoms with van der Waals surface area (Å²) in [6, 6.07) is 11.3. The van der Waals surface area contributed by atoms with E-state index >= 15 is 0 Å². The normalized spacial score (nSPS) is 16.2. The zero-order valence-corrected chi connectivity index (χ0v) is 16.1. The first-order valence-electron chi connectivity index (χ1n) is 9.34. The number of nitrogens with zero attached hydrogens (tertiary/aromatic N) is 2. The van der Waals surface area contributed by atoms with E-state index in [2.05, 4.69) is 0 Å². The molecular weight excluding hydrogens is 376 g/mol. The number of rotatable bonds is 7. The maximum atomic E-state index is 13.0. The average Bonchev–Trinajstić information content (AvgIpc) is 2.77. The van der Waals surface area contributed by atoms with Gasteiger partial charge in [0, 0.05) is 12.6 Å². The van der Waals surface area contributed by atoms with Crippen molar-refractivity contribution >= 4 is 17.9 Å². The van der Waals surface area contributed by atoms with E-state index in [1.54, 1.807) is 0 Å². The van der Waals surface area contributed by atoms with Gasteiger partial charge in [-0.05, 0) is 24.8 Å². The molecule has 152 valence electrons. The zero-order valence-electron chi connectivity index (χ0n) is 16.1. The van der Waals surface area contributed by atoms with Gasteiger partial charge in [0.05, 0.1) is 24.1 Å². The largest absolute Gasteiger partial charge is 0.493 e. The number of amides is 1. The van der Waals surface area contributed by atoms with E-state index in [9.17, 15) is 19.7 Å². The maximum absolute atomic E-state index is 13.0. The number of benzene rings is 2. The SMILES string of the molecule is COc1cc(C(=O)N2CCCC[C@H]2C=O)c([N+](=O)[O-])cc1OCc1ccccc1. The van der Waals surface area contributed by atoms with Gasteiger partial charge < -0.3 is 19.2 Å². The van der Waals surface area contributed by atoms with Crippen LogP contribution in [-0.2, 0) is 11.4 Å². The van der Waals surface area contributed by atoms with Crippen LogP contribution in [0, 0.1) is 10.1 Å². The Labute approximate surface area is 168 Å². The van der Waals surface area contributed by atoms with Gasteiger partial charge >= 0.3 is 0 Å². The third-order valence-electron chi connectivity index (χ3n) is 4.91. The Morgan fingerprint density at radius 3 is 2.66 bits per heavy atom. The fourth-order valence-corrected chi connectivity index (χ4v) is 3.38. The summed E-state index contributed by atoms with van der Waals surface area (Å²) >= 11 is 0. The van der Waals surface area contributed by atoms with Gasteiger partial charge in [0.15, 0.2) is 11.5 Å². The molecule has 1 aliphatic rings. The Hall–Kier alpha value is -3.42. The van der Waals surface area contributed by atoms with Gasteiger partial charge in [0.25, 0.3) is 11.6 Å². The highest BCUT2D eigenvalue weighted by Crippen LogP contribution is 2.36. The number of ether oxygens (including phenoxy) is 2. The van der Waals surface area contributed by atoms with Crippen LogP contribution in [0.1, 0.15) is 35.2 Å². The van der Waals surface area contributed by atoms with E-state index in [0.717, 1.165) is 24.7 Å². The predicted molar refractivity (Wildman–Crippen MR) is 105 cm³/mol. The molecule has 1 aliphatic heterocycles. The summed E-state index contributed by atoms with van der Waals surface area (Å²) in [4.78, 5) is 36.8. The molecule has 1 fully saturated rings. The number of nitro benzene ring substituents is 1. The number of likely N-dealkylation sites (tertiary alicyclic amines) is 1. The topological polar surface area (TPSA) is 99.0 Å². The van der Waals surface area contributed by atoms with Crippen LogP contribution < -0.4 is 9.47 Å². The molecule has 3 rings (SSSR count). The first kappa shape index (κ1) is 20.3. The van der Waals surface area contributed by atoms with E-state index in [1.807, 2.05) is 30.3 Å². The Morgan fingerprint density at radius 1 is 1.24 bits per heavy atom. The number of carbonyl (C=O) groups is 2. The van der Waals surface area contributed by atoms with Crippen molar-refractivity contribution in [1.82, 2.24) is 4.90 Å². The fourth-order valence-electron chi connectivity index (χ4n) is 3.38. The van der Waals surface area contributed by atoms with Gasteiger partial charge in [0.1, 0.15) is 18.5 Å². The van der Waals surface area contributed by atoms with Crippen LogP contribution in [0.4, 0.5) is 5.69 Å². The highest BCUT2D eigenvalue weighted by atomic mass is 16.6. The lowest BCUT2D eigenvalue weighted by molar-refractivity contribution is -0.385. The lowest BCUT2D eigenvalue weighted by atomic mass is 10.0. The molecule has 0 radical (unpaired) electrons. The number of nitro groups is 1. The molecule has 0 unspecified atom stereocenters. The molecule has 29 heavy (non-hydrogen) atoms. The number of hydrogen-bond donors (Lipinski definition) is 0. The van der Waals surface area contributed by atoms with E-state index in [1.165, 1.54) is 24.1 Å². The molecule has 0 aromatic heterocycles. The summed E-state index contributed by atoms with van der Waals surface area (Å²) in [7, 11) is 1.40. The van der Waals surface area contributed by atoms with Crippen molar-refractivity contribution < 1.29 is 24.0 Å². The van der Waals surface area contributed by atoms with Crippen LogP contribution in [0.5, 0.6) is 11.5 Å². The Kier molecular flexibility index (Phi) is 6.43.